The van der Waals surface area contributed by atoms with E-state index in [0.29, 0.717) is 19.1 Å². The Kier molecular flexibility index (Phi) is 4.19. The molecule has 2 amide bonds. The van der Waals surface area contributed by atoms with E-state index in [4.69, 9.17) is 9.84 Å². The Bertz CT molecular complexity index is 393. The van der Waals surface area contributed by atoms with E-state index in [1.165, 1.54) is 0 Å². The molecule has 2 aliphatic heterocycles. The molecule has 2 fully saturated rings. The minimum absolute atomic E-state index is 0.0331. The minimum Gasteiger partial charge on any atom is -0.480 e. The van der Waals surface area contributed by atoms with Crippen molar-refractivity contribution >= 4 is 12.0 Å². The van der Waals surface area contributed by atoms with E-state index < -0.39 is 11.6 Å². The topological polar surface area (TPSA) is 73.3 Å². The minimum atomic E-state index is -0.982. The Morgan fingerprint density at radius 2 is 2.00 bits per heavy atom. The molecule has 114 valence electrons. The van der Waals surface area contributed by atoms with Gasteiger partial charge in [0.1, 0.15) is 12.2 Å². The number of rotatable bonds is 4. The molecule has 0 bridgehead atoms. The Labute approximate surface area is 119 Å². The van der Waals surface area contributed by atoms with Crippen LogP contribution in [0.1, 0.15) is 13.3 Å². The van der Waals surface area contributed by atoms with Gasteiger partial charge < -0.3 is 24.5 Å². The van der Waals surface area contributed by atoms with Gasteiger partial charge in [-0.3, -0.25) is 0 Å². The molecule has 0 spiro atoms. The maximum absolute atomic E-state index is 12.3. The number of ether oxygens (including phenoxy) is 1. The summed E-state index contributed by atoms with van der Waals surface area (Å²) in [4.78, 5) is 28.5. The van der Waals surface area contributed by atoms with E-state index in [-0.39, 0.29) is 12.6 Å². The van der Waals surface area contributed by atoms with Gasteiger partial charge in [0.05, 0.1) is 13.1 Å². The van der Waals surface area contributed by atoms with Crippen LogP contribution in [-0.2, 0) is 9.53 Å². The summed E-state index contributed by atoms with van der Waals surface area (Å²) in [6, 6.07) is 0.459. The lowest BCUT2D eigenvalue weighted by atomic mass is 9.97. The lowest BCUT2D eigenvalue weighted by Crippen LogP contribution is -2.65. The molecule has 2 saturated heterocycles. The largest absolute Gasteiger partial charge is 0.480 e. The van der Waals surface area contributed by atoms with Gasteiger partial charge >= 0.3 is 12.0 Å². The standard InChI is InChI=1S/C13H23N3O4/c1-13(20-7-11(17)18)8-16(9-13)12(19)15-5-4-10(6-15)14(2)3/h10H,4-9H2,1-3H3,(H,17,18). The fourth-order valence-corrected chi connectivity index (χ4v) is 2.76. The maximum atomic E-state index is 12.3. The lowest BCUT2D eigenvalue weighted by Gasteiger charge is -2.48. The van der Waals surface area contributed by atoms with E-state index in [2.05, 4.69) is 4.90 Å². The predicted octanol–water partition coefficient (Wildman–Crippen LogP) is -0.0822. The number of likely N-dealkylation sites (N-methyl/N-ethyl adjacent to an activating group) is 1. The predicted molar refractivity (Wildman–Crippen MR) is 72.6 cm³/mol. The summed E-state index contributed by atoms with van der Waals surface area (Å²) < 4.78 is 5.31. The van der Waals surface area contributed by atoms with Gasteiger partial charge in [-0.25, -0.2) is 9.59 Å². The van der Waals surface area contributed by atoms with Gasteiger partial charge in [0, 0.05) is 19.1 Å². The lowest BCUT2D eigenvalue weighted by molar-refractivity contribution is -0.160. The average Bonchev–Trinajstić information content (AvgIpc) is 2.81. The molecule has 1 atom stereocenters. The monoisotopic (exact) mass is 285 g/mol. The van der Waals surface area contributed by atoms with Gasteiger partial charge in [-0.1, -0.05) is 0 Å². The zero-order chi connectivity index (χ0) is 14.9. The zero-order valence-electron chi connectivity index (χ0n) is 12.3. The molecule has 7 heteroatoms. The second kappa shape index (κ2) is 5.57. The van der Waals surface area contributed by atoms with Crippen molar-refractivity contribution in [1.82, 2.24) is 14.7 Å². The first-order valence-electron chi connectivity index (χ1n) is 6.87. The summed E-state index contributed by atoms with van der Waals surface area (Å²) in [5.41, 5.74) is -0.519. The molecule has 0 aliphatic carbocycles. The number of carboxylic acid groups (broad SMARTS) is 1. The molecule has 1 N–H and O–H groups in total. The summed E-state index contributed by atoms with van der Waals surface area (Å²) >= 11 is 0. The van der Waals surface area contributed by atoms with Gasteiger partial charge in [-0.15, -0.1) is 0 Å². The van der Waals surface area contributed by atoms with Crippen LogP contribution in [0.5, 0.6) is 0 Å². The van der Waals surface area contributed by atoms with Crippen molar-refractivity contribution in [1.29, 1.82) is 0 Å². The van der Waals surface area contributed by atoms with E-state index in [1.54, 1.807) is 4.90 Å². The Balaban J connectivity index is 1.78. The fraction of sp³-hybridized carbons (Fsp3) is 0.846. The van der Waals surface area contributed by atoms with Gasteiger partial charge in [0.25, 0.3) is 0 Å². The van der Waals surface area contributed by atoms with E-state index in [9.17, 15) is 9.59 Å². The van der Waals surface area contributed by atoms with Gasteiger partial charge in [-0.05, 0) is 27.4 Å². The van der Waals surface area contributed by atoms with Crippen LogP contribution in [0.15, 0.2) is 0 Å². The molecule has 1 unspecified atom stereocenters. The number of likely N-dealkylation sites (tertiary alicyclic amines) is 2. The van der Waals surface area contributed by atoms with Crippen LogP contribution in [0.2, 0.25) is 0 Å². The fourth-order valence-electron chi connectivity index (χ4n) is 2.76. The van der Waals surface area contributed by atoms with Gasteiger partial charge in [0.2, 0.25) is 0 Å². The van der Waals surface area contributed by atoms with E-state index in [0.717, 1.165) is 19.5 Å². The van der Waals surface area contributed by atoms with Gasteiger partial charge in [0.15, 0.2) is 0 Å². The van der Waals surface area contributed by atoms with Crippen LogP contribution in [-0.4, -0.2) is 90.3 Å². The first-order chi connectivity index (χ1) is 9.31. The SMILES string of the molecule is CN(C)C1CCN(C(=O)N2CC(C)(OCC(=O)O)C2)C1. The van der Waals surface area contributed by atoms with Crippen LogP contribution >= 0.6 is 0 Å². The molecule has 0 radical (unpaired) electrons. The molecule has 0 aromatic carbocycles. The molecule has 0 aromatic rings. The number of urea groups is 1. The molecule has 20 heavy (non-hydrogen) atoms. The highest BCUT2D eigenvalue weighted by atomic mass is 16.5. The molecule has 2 rings (SSSR count). The van der Waals surface area contributed by atoms with Crippen LogP contribution < -0.4 is 0 Å². The maximum Gasteiger partial charge on any atom is 0.329 e. The molecular formula is C13H23N3O4. The summed E-state index contributed by atoms with van der Waals surface area (Å²) in [5.74, 6) is -0.982. The van der Waals surface area contributed by atoms with Crippen molar-refractivity contribution in [3.05, 3.63) is 0 Å². The van der Waals surface area contributed by atoms with Crippen LogP contribution in [0.3, 0.4) is 0 Å². The Morgan fingerprint density at radius 1 is 1.35 bits per heavy atom. The van der Waals surface area contributed by atoms with Crippen molar-refractivity contribution in [2.24, 2.45) is 0 Å². The molecular weight excluding hydrogens is 262 g/mol. The number of carboxylic acids is 1. The van der Waals surface area contributed by atoms with Crippen molar-refractivity contribution in [2.45, 2.75) is 25.0 Å². The molecule has 7 nitrogen and oxygen atoms in total. The van der Waals surface area contributed by atoms with Crippen LogP contribution in [0.4, 0.5) is 4.79 Å². The molecule has 2 heterocycles. The summed E-state index contributed by atoms with van der Waals surface area (Å²) in [6.07, 6.45) is 0.999. The summed E-state index contributed by atoms with van der Waals surface area (Å²) in [6.45, 7) is 3.99. The third-order valence-corrected chi connectivity index (χ3v) is 4.03. The Morgan fingerprint density at radius 3 is 2.50 bits per heavy atom. The van der Waals surface area contributed by atoms with Crippen molar-refractivity contribution in [2.75, 3.05) is 46.9 Å². The summed E-state index contributed by atoms with van der Waals surface area (Å²) in [7, 11) is 4.05. The highest BCUT2D eigenvalue weighted by Gasteiger charge is 2.45. The third-order valence-electron chi connectivity index (χ3n) is 4.03. The van der Waals surface area contributed by atoms with Crippen molar-refractivity contribution in [3.63, 3.8) is 0 Å². The number of nitrogens with zero attached hydrogens (tertiary/aromatic N) is 3. The first-order valence-corrected chi connectivity index (χ1v) is 6.87. The Hall–Kier alpha value is -1.34. The second-order valence-corrected chi connectivity index (χ2v) is 6.12. The van der Waals surface area contributed by atoms with Crippen LogP contribution in [0, 0.1) is 0 Å². The first kappa shape index (κ1) is 15.1. The normalized spacial score (nSPS) is 24.9. The average molecular weight is 285 g/mol. The van der Waals surface area contributed by atoms with E-state index in [1.807, 2.05) is 25.9 Å². The second-order valence-electron chi connectivity index (χ2n) is 6.12. The van der Waals surface area contributed by atoms with Crippen molar-refractivity contribution < 1.29 is 19.4 Å². The number of carbonyl (C=O) groups excluding carboxylic acids is 1. The molecule has 0 saturated carbocycles. The summed E-state index contributed by atoms with van der Waals surface area (Å²) in [5, 5.41) is 8.61. The third kappa shape index (κ3) is 3.21. The molecule has 2 aliphatic rings. The van der Waals surface area contributed by atoms with Crippen molar-refractivity contribution in [3.8, 4) is 0 Å². The highest BCUT2D eigenvalue weighted by Crippen LogP contribution is 2.27. The molecule has 0 aromatic heterocycles. The quantitative estimate of drug-likeness (QED) is 0.782. The number of aliphatic carboxylic acids is 1. The van der Waals surface area contributed by atoms with Gasteiger partial charge in [-0.2, -0.15) is 0 Å². The zero-order valence-corrected chi connectivity index (χ0v) is 12.3. The van der Waals surface area contributed by atoms with Crippen LogP contribution in [0.25, 0.3) is 0 Å². The number of hydrogen-bond donors (Lipinski definition) is 1. The number of amides is 2. The smallest absolute Gasteiger partial charge is 0.329 e. The highest BCUT2D eigenvalue weighted by molar-refractivity contribution is 5.76. The number of hydrogen-bond acceptors (Lipinski definition) is 4. The van der Waals surface area contributed by atoms with E-state index >= 15 is 0 Å². The number of carbonyl (C=O) groups is 2.